The number of hydrogen-bond donors (Lipinski definition) is 0. The molecule has 12 heteroatoms. The fourth-order valence-corrected chi connectivity index (χ4v) is 5.82. The molecule has 0 N–H and O–H groups in total. The van der Waals surface area contributed by atoms with E-state index < -0.39 is 52.6 Å². The van der Waals surface area contributed by atoms with E-state index in [2.05, 4.69) is 4.74 Å². The first kappa shape index (κ1) is 36.5. The zero-order valence-electron chi connectivity index (χ0n) is 26.7. The molecule has 1 saturated heterocycles. The summed E-state index contributed by atoms with van der Waals surface area (Å²) in [6.45, 7) is 3.16. The number of rotatable bonds is 10. The normalized spacial score (nSPS) is 20.8. The summed E-state index contributed by atoms with van der Waals surface area (Å²) in [5.41, 5.74) is -3.55. The number of allylic oxidation sites excluding steroid dienone is 1. The maximum atomic E-state index is 14.0. The Bertz CT molecular complexity index is 1540. The van der Waals surface area contributed by atoms with E-state index in [1.165, 1.54) is 25.0 Å². The molecule has 1 aliphatic rings. The van der Waals surface area contributed by atoms with Crippen LogP contribution in [0.25, 0.3) is 0 Å². The van der Waals surface area contributed by atoms with Crippen LogP contribution >= 0.6 is 0 Å². The van der Waals surface area contributed by atoms with Gasteiger partial charge in [0.1, 0.15) is 6.61 Å². The number of alkyl halides is 6. The molecule has 258 valence electrons. The fraction of sp³-hybridized carbons (Fsp3) is 0.389. The minimum absolute atomic E-state index is 0.0400. The summed E-state index contributed by atoms with van der Waals surface area (Å²) in [7, 11) is 1.26. The molecule has 3 aromatic carbocycles. The van der Waals surface area contributed by atoms with Crippen LogP contribution in [0.4, 0.5) is 31.1 Å². The number of benzene rings is 3. The van der Waals surface area contributed by atoms with Crippen molar-refractivity contribution in [2.45, 2.75) is 63.7 Å². The molecule has 3 aromatic rings. The zero-order valence-corrected chi connectivity index (χ0v) is 26.7. The number of amides is 1. The quantitative estimate of drug-likeness (QED) is 0.122. The lowest BCUT2D eigenvalue weighted by atomic mass is 9.70. The molecule has 1 heterocycles. The Balaban J connectivity index is 1.71. The molecule has 0 bridgehead atoms. The predicted molar refractivity (Wildman–Crippen MR) is 165 cm³/mol. The smallest absolute Gasteiger partial charge is 0.416 e. The number of ether oxygens (including phenoxy) is 3. The lowest BCUT2D eigenvalue weighted by Crippen LogP contribution is -2.59. The van der Waals surface area contributed by atoms with Gasteiger partial charge in [0.05, 0.1) is 36.5 Å². The number of piperidine rings is 1. The van der Waals surface area contributed by atoms with Crippen molar-refractivity contribution in [3.8, 4) is 0 Å². The average molecular weight is 678 g/mol. The average Bonchev–Trinajstić information content (AvgIpc) is 3.06. The lowest BCUT2D eigenvalue weighted by molar-refractivity contribution is -0.143. The summed E-state index contributed by atoms with van der Waals surface area (Å²) in [4.78, 5) is 27.3. The summed E-state index contributed by atoms with van der Waals surface area (Å²) < 4.78 is 98.3. The lowest BCUT2D eigenvalue weighted by Gasteiger charge is -2.52. The highest BCUT2D eigenvalue weighted by atomic mass is 19.4. The fourth-order valence-electron chi connectivity index (χ4n) is 5.82. The van der Waals surface area contributed by atoms with Gasteiger partial charge in [0.25, 0.3) is 0 Å². The molecule has 4 rings (SSSR count). The van der Waals surface area contributed by atoms with E-state index in [0.717, 1.165) is 5.56 Å². The SMILES string of the molecule is COC(=O)/C=C/C[C@@]1(C)CCC(CO[C@H](C)c2cc(C(F)(F)F)cc(C(F)(F)F)c2)(c2ccccc2)N(C(=O)OCc2ccccc2)C1. The highest BCUT2D eigenvalue weighted by Gasteiger charge is 2.50. The standard InChI is InChI=1S/C36H37F6NO5/c1-25(27-19-29(35(37,38)39)21-30(20-27)36(40,41)42)48-24-34(28-13-8-5-9-14-28)18-17-33(2,16-10-15-31(44)46-3)23-43(34)32(45)47-22-26-11-6-4-7-12-26/h4-15,19-21,25H,16-18,22-24H2,1-3H3/b15-10+/t25-,33+,34?/m1/s1. The van der Waals surface area contributed by atoms with Gasteiger partial charge in [-0.15, -0.1) is 0 Å². The van der Waals surface area contributed by atoms with Crippen LogP contribution in [0, 0.1) is 5.41 Å². The van der Waals surface area contributed by atoms with Crippen LogP contribution in [0.1, 0.15) is 67.0 Å². The molecule has 6 nitrogen and oxygen atoms in total. The van der Waals surface area contributed by atoms with Gasteiger partial charge >= 0.3 is 24.4 Å². The Hall–Kier alpha value is -4.32. The third kappa shape index (κ3) is 8.97. The third-order valence-electron chi connectivity index (χ3n) is 8.65. The van der Waals surface area contributed by atoms with Gasteiger partial charge in [-0.2, -0.15) is 26.3 Å². The number of esters is 1. The summed E-state index contributed by atoms with van der Waals surface area (Å²) in [5, 5.41) is 0. The number of carbonyl (C=O) groups is 2. The number of carbonyl (C=O) groups excluding carboxylic acids is 2. The van der Waals surface area contributed by atoms with Crippen molar-refractivity contribution in [2.24, 2.45) is 5.41 Å². The van der Waals surface area contributed by atoms with Gasteiger partial charge < -0.3 is 14.2 Å². The van der Waals surface area contributed by atoms with Crippen LogP contribution in [0.5, 0.6) is 0 Å². The van der Waals surface area contributed by atoms with Gasteiger partial charge in [-0.05, 0) is 66.5 Å². The molecule has 1 fully saturated rings. The van der Waals surface area contributed by atoms with Crippen LogP contribution in [0.3, 0.4) is 0 Å². The minimum atomic E-state index is -5.02. The summed E-state index contributed by atoms with van der Waals surface area (Å²) in [6, 6.07) is 19.3. The number of hydrogen-bond acceptors (Lipinski definition) is 5. The van der Waals surface area contributed by atoms with E-state index in [0.29, 0.717) is 37.0 Å². The summed E-state index contributed by atoms with van der Waals surface area (Å²) >= 11 is 0. The molecule has 1 amide bonds. The molecule has 0 saturated carbocycles. The monoisotopic (exact) mass is 677 g/mol. The molecule has 1 unspecified atom stereocenters. The largest absolute Gasteiger partial charge is 0.466 e. The van der Waals surface area contributed by atoms with Gasteiger partial charge in [-0.25, -0.2) is 9.59 Å². The second-order valence-corrected chi connectivity index (χ2v) is 12.3. The molecule has 0 aromatic heterocycles. The zero-order chi connectivity index (χ0) is 35.2. The van der Waals surface area contributed by atoms with E-state index in [9.17, 15) is 35.9 Å². The van der Waals surface area contributed by atoms with E-state index in [-0.39, 0.29) is 31.4 Å². The molecule has 48 heavy (non-hydrogen) atoms. The van der Waals surface area contributed by atoms with E-state index >= 15 is 0 Å². The Kier molecular flexibility index (Phi) is 11.3. The number of halogens is 6. The summed E-state index contributed by atoms with van der Waals surface area (Å²) in [6.07, 6.45) is -7.73. The maximum Gasteiger partial charge on any atom is 0.416 e. The number of methoxy groups -OCH3 is 1. The van der Waals surface area contributed by atoms with Gasteiger partial charge in [-0.1, -0.05) is 73.7 Å². The van der Waals surface area contributed by atoms with Gasteiger partial charge in [0, 0.05) is 12.6 Å². The van der Waals surface area contributed by atoms with Crippen LogP contribution in [0.15, 0.2) is 91.0 Å². The Morgan fingerprint density at radius 1 is 0.896 bits per heavy atom. The second kappa shape index (κ2) is 14.8. The van der Waals surface area contributed by atoms with Crippen molar-refractivity contribution in [3.63, 3.8) is 0 Å². The van der Waals surface area contributed by atoms with Gasteiger partial charge in [0.2, 0.25) is 0 Å². The highest BCUT2D eigenvalue weighted by molar-refractivity contribution is 5.81. The van der Waals surface area contributed by atoms with Crippen molar-refractivity contribution in [1.82, 2.24) is 4.90 Å². The van der Waals surface area contributed by atoms with Crippen molar-refractivity contribution in [2.75, 3.05) is 20.3 Å². The number of likely N-dealkylation sites (tertiary alicyclic amines) is 1. The molecule has 3 atom stereocenters. The van der Waals surface area contributed by atoms with Gasteiger partial charge in [-0.3, -0.25) is 4.90 Å². The maximum absolute atomic E-state index is 14.0. The second-order valence-electron chi connectivity index (χ2n) is 12.3. The first-order valence-electron chi connectivity index (χ1n) is 15.3. The molecule has 0 spiro atoms. The third-order valence-corrected chi connectivity index (χ3v) is 8.65. The predicted octanol–water partition coefficient (Wildman–Crippen LogP) is 9.26. The van der Waals surface area contributed by atoms with Crippen LogP contribution < -0.4 is 0 Å². The van der Waals surface area contributed by atoms with Crippen molar-refractivity contribution < 1.29 is 50.1 Å². The van der Waals surface area contributed by atoms with Crippen LogP contribution in [0.2, 0.25) is 0 Å². The van der Waals surface area contributed by atoms with Crippen LogP contribution in [-0.2, 0) is 43.5 Å². The topological polar surface area (TPSA) is 65.1 Å². The van der Waals surface area contributed by atoms with Crippen molar-refractivity contribution in [1.29, 1.82) is 0 Å². The van der Waals surface area contributed by atoms with Crippen molar-refractivity contribution >= 4 is 12.1 Å². The van der Waals surface area contributed by atoms with Crippen molar-refractivity contribution in [3.05, 3.63) is 119 Å². The van der Waals surface area contributed by atoms with Crippen LogP contribution in [-0.4, -0.2) is 37.2 Å². The first-order valence-corrected chi connectivity index (χ1v) is 15.3. The van der Waals surface area contributed by atoms with E-state index in [1.807, 2.05) is 13.0 Å². The Morgan fingerprint density at radius 3 is 2.04 bits per heavy atom. The highest BCUT2D eigenvalue weighted by Crippen LogP contribution is 2.47. The summed E-state index contributed by atoms with van der Waals surface area (Å²) in [5.74, 6) is -0.530. The molecular weight excluding hydrogens is 640 g/mol. The van der Waals surface area contributed by atoms with E-state index in [1.54, 1.807) is 60.7 Å². The number of nitrogens with zero attached hydrogens (tertiary/aromatic N) is 1. The minimum Gasteiger partial charge on any atom is -0.466 e. The molecule has 0 aliphatic carbocycles. The molecule has 0 radical (unpaired) electrons. The first-order chi connectivity index (χ1) is 22.6. The Morgan fingerprint density at radius 2 is 1.48 bits per heavy atom. The Labute approximate surface area is 275 Å². The van der Waals surface area contributed by atoms with Gasteiger partial charge in [0.15, 0.2) is 0 Å². The molecule has 1 aliphatic heterocycles. The molecular formula is C36H37F6NO5. The van der Waals surface area contributed by atoms with E-state index in [4.69, 9.17) is 9.47 Å².